The molecular formula is C16H25ClN4O3. The summed E-state index contributed by atoms with van der Waals surface area (Å²) in [5.41, 5.74) is 6.19. The maximum atomic E-state index is 12.6. The van der Waals surface area contributed by atoms with Crippen LogP contribution in [-0.2, 0) is 16.1 Å². The smallest absolute Gasteiger partial charge is 0.316 e. The molecule has 1 aliphatic heterocycles. The van der Waals surface area contributed by atoms with Gasteiger partial charge in [0.05, 0.1) is 12.0 Å². The van der Waals surface area contributed by atoms with Crippen LogP contribution in [0.4, 0.5) is 10.5 Å². The van der Waals surface area contributed by atoms with Gasteiger partial charge in [0, 0.05) is 19.3 Å². The number of halogens is 1. The summed E-state index contributed by atoms with van der Waals surface area (Å²) in [5.74, 6) is 0.0280. The molecule has 1 saturated heterocycles. The van der Waals surface area contributed by atoms with Crippen molar-refractivity contribution in [3.05, 3.63) is 29.8 Å². The van der Waals surface area contributed by atoms with Crippen molar-refractivity contribution in [1.29, 1.82) is 0 Å². The van der Waals surface area contributed by atoms with Crippen molar-refractivity contribution in [2.24, 2.45) is 11.1 Å². The van der Waals surface area contributed by atoms with Gasteiger partial charge in [0.15, 0.2) is 0 Å². The zero-order valence-corrected chi connectivity index (χ0v) is 14.6. The lowest BCUT2D eigenvalue weighted by Crippen LogP contribution is -2.49. The number of nitrogens with one attached hydrogen (secondary N) is 3. The number of piperidine rings is 1. The summed E-state index contributed by atoms with van der Waals surface area (Å²) in [6.45, 7) is 2.52. The van der Waals surface area contributed by atoms with Gasteiger partial charge in [-0.2, -0.15) is 0 Å². The first-order valence-electron chi connectivity index (χ1n) is 7.69. The second kappa shape index (κ2) is 9.46. The maximum Gasteiger partial charge on any atom is 0.316 e. The third kappa shape index (κ3) is 5.36. The van der Waals surface area contributed by atoms with Crippen molar-refractivity contribution < 1.29 is 14.3 Å². The maximum absolute atomic E-state index is 12.6. The molecule has 5 N–H and O–H groups in total. The summed E-state index contributed by atoms with van der Waals surface area (Å²) < 4.78 is 5.27. The van der Waals surface area contributed by atoms with Crippen LogP contribution in [0.1, 0.15) is 18.4 Å². The number of primary amides is 1. The molecule has 0 aromatic heterocycles. The van der Waals surface area contributed by atoms with Gasteiger partial charge in [-0.3, -0.25) is 4.79 Å². The topological polar surface area (TPSA) is 105 Å². The van der Waals surface area contributed by atoms with Crippen molar-refractivity contribution in [1.82, 2.24) is 10.6 Å². The molecule has 1 fully saturated rings. The van der Waals surface area contributed by atoms with Crippen molar-refractivity contribution in [3.63, 3.8) is 0 Å². The third-order valence-corrected chi connectivity index (χ3v) is 4.14. The number of rotatable bonds is 6. The molecule has 134 valence electrons. The summed E-state index contributed by atoms with van der Waals surface area (Å²) in [6.07, 6.45) is 1.54. The van der Waals surface area contributed by atoms with E-state index >= 15 is 0 Å². The minimum Gasteiger partial charge on any atom is -0.384 e. The van der Waals surface area contributed by atoms with Crippen LogP contribution in [0.25, 0.3) is 0 Å². The summed E-state index contributed by atoms with van der Waals surface area (Å²) in [7, 11) is 1.63. The zero-order chi connectivity index (χ0) is 16.7. The molecular weight excluding hydrogens is 332 g/mol. The highest BCUT2D eigenvalue weighted by Gasteiger charge is 2.39. The lowest BCUT2D eigenvalue weighted by molar-refractivity contribution is -0.136. The summed E-state index contributed by atoms with van der Waals surface area (Å²) in [4.78, 5) is 23.4. The molecule has 3 amide bonds. The molecule has 0 atom stereocenters. The first-order chi connectivity index (χ1) is 11.1. The number of methoxy groups -OCH3 is 1. The van der Waals surface area contributed by atoms with Crippen LogP contribution in [0.15, 0.2) is 24.3 Å². The van der Waals surface area contributed by atoms with Gasteiger partial charge in [-0.1, -0.05) is 12.1 Å². The van der Waals surface area contributed by atoms with Gasteiger partial charge in [0.1, 0.15) is 0 Å². The van der Waals surface area contributed by atoms with Gasteiger partial charge in [-0.25, -0.2) is 4.79 Å². The number of carbonyl (C=O) groups is 2. The summed E-state index contributed by atoms with van der Waals surface area (Å²) >= 11 is 0. The van der Waals surface area contributed by atoms with E-state index in [9.17, 15) is 9.59 Å². The van der Waals surface area contributed by atoms with E-state index in [0.29, 0.717) is 18.8 Å². The molecule has 0 spiro atoms. The standard InChI is InChI=1S/C16H24N4O3.ClH/c1-23-11-16(6-8-18-9-7-16)14(21)19-10-12-2-4-13(5-3-12)20-15(17)22;/h2-5,18H,6-11H2,1H3,(H,19,21)(H3,17,20,22);1H. The average molecular weight is 357 g/mol. The lowest BCUT2D eigenvalue weighted by atomic mass is 9.78. The molecule has 0 bridgehead atoms. The van der Waals surface area contributed by atoms with Gasteiger partial charge in [-0.05, 0) is 43.6 Å². The predicted octanol–water partition coefficient (Wildman–Crippen LogP) is 1.23. The highest BCUT2D eigenvalue weighted by Crippen LogP contribution is 2.29. The van der Waals surface area contributed by atoms with E-state index in [1.165, 1.54) is 0 Å². The van der Waals surface area contributed by atoms with Crippen molar-refractivity contribution in [2.75, 3.05) is 32.1 Å². The van der Waals surface area contributed by atoms with Gasteiger partial charge in [-0.15, -0.1) is 12.4 Å². The van der Waals surface area contributed by atoms with Crippen LogP contribution in [0.5, 0.6) is 0 Å². The van der Waals surface area contributed by atoms with Crippen molar-refractivity contribution >= 4 is 30.0 Å². The Morgan fingerprint density at radius 2 is 1.88 bits per heavy atom. The van der Waals surface area contributed by atoms with Gasteiger partial charge >= 0.3 is 6.03 Å². The number of urea groups is 1. The number of carbonyl (C=O) groups excluding carboxylic acids is 2. The van der Waals surface area contributed by atoms with E-state index in [1.54, 1.807) is 19.2 Å². The molecule has 24 heavy (non-hydrogen) atoms. The molecule has 8 heteroatoms. The van der Waals surface area contributed by atoms with Gasteiger partial charge in [0.2, 0.25) is 5.91 Å². The first-order valence-corrected chi connectivity index (χ1v) is 7.69. The monoisotopic (exact) mass is 356 g/mol. The fraction of sp³-hybridized carbons (Fsp3) is 0.500. The first kappa shape index (κ1) is 20.2. The molecule has 7 nitrogen and oxygen atoms in total. The second-order valence-electron chi connectivity index (χ2n) is 5.83. The second-order valence-corrected chi connectivity index (χ2v) is 5.83. The quantitative estimate of drug-likeness (QED) is 0.615. The van der Waals surface area contributed by atoms with E-state index in [-0.39, 0.29) is 18.3 Å². The zero-order valence-electron chi connectivity index (χ0n) is 13.8. The van der Waals surface area contributed by atoms with Crippen LogP contribution in [-0.4, -0.2) is 38.7 Å². The molecule has 0 unspecified atom stereocenters. The molecule has 1 heterocycles. The van der Waals surface area contributed by atoms with E-state index < -0.39 is 11.4 Å². The Hall–Kier alpha value is -1.83. The summed E-state index contributed by atoms with van der Waals surface area (Å²) in [6, 6.07) is 6.59. The molecule has 0 saturated carbocycles. The minimum atomic E-state index is -0.599. The van der Waals surface area contributed by atoms with Crippen molar-refractivity contribution in [3.8, 4) is 0 Å². The molecule has 0 aliphatic carbocycles. The molecule has 2 rings (SSSR count). The van der Waals surface area contributed by atoms with Crippen LogP contribution in [0, 0.1) is 5.41 Å². The van der Waals surface area contributed by atoms with Crippen LogP contribution < -0.4 is 21.7 Å². The Bertz CT molecular complexity index is 539. The fourth-order valence-corrected chi connectivity index (χ4v) is 2.84. The Balaban J connectivity index is 0.00000288. The largest absolute Gasteiger partial charge is 0.384 e. The highest BCUT2D eigenvalue weighted by atomic mass is 35.5. The fourth-order valence-electron chi connectivity index (χ4n) is 2.84. The number of benzene rings is 1. The minimum absolute atomic E-state index is 0. The van der Waals surface area contributed by atoms with Crippen LogP contribution >= 0.6 is 12.4 Å². The van der Waals surface area contributed by atoms with Gasteiger partial charge < -0.3 is 26.4 Å². The Morgan fingerprint density at radius 3 is 2.42 bits per heavy atom. The van der Waals surface area contributed by atoms with Crippen LogP contribution in [0.3, 0.4) is 0 Å². The number of hydrogen-bond acceptors (Lipinski definition) is 4. The van der Waals surface area contributed by atoms with Gasteiger partial charge in [0.25, 0.3) is 0 Å². The average Bonchev–Trinajstić information content (AvgIpc) is 2.54. The molecule has 1 aromatic carbocycles. The number of anilines is 1. The third-order valence-electron chi connectivity index (χ3n) is 4.14. The molecule has 0 radical (unpaired) electrons. The number of hydrogen-bond donors (Lipinski definition) is 4. The van der Waals surface area contributed by atoms with Crippen LogP contribution in [0.2, 0.25) is 0 Å². The summed E-state index contributed by atoms with van der Waals surface area (Å²) in [5, 5.41) is 8.76. The van der Waals surface area contributed by atoms with E-state index in [1.807, 2.05) is 12.1 Å². The lowest BCUT2D eigenvalue weighted by Gasteiger charge is -2.35. The number of nitrogens with two attached hydrogens (primary N) is 1. The normalized spacial score (nSPS) is 15.9. The Labute approximate surface area is 148 Å². The van der Waals surface area contributed by atoms with E-state index in [4.69, 9.17) is 10.5 Å². The van der Waals surface area contributed by atoms with E-state index in [2.05, 4.69) is 16.0 Å². The molecule has 1 aliphatic rings. The Morgan fingerprint density at radius 1 is 1.25 bits per heavy atom. The number of amides is 3. The number of ether oxygens (including phenoxy) is 1. The highest BCUT2D eigenvalue weighted by molar-refractivity contribution is 5.87. The molecule has 1 aromatic rings. The van der Waals surface area contributed by atoms with E-state index in [0.717, 1.165) is 31.5 Å². The SMILES string of the molecule is COCC1(C(=O)NCc2ccc(NC(N)=O)cc2)CCNCC1.Cl. The Kier molecular flexibility index (Phi) is 7.97. The predicted molar refractivity (Wildman–Crippen MR) is 95.2 cm³/mol. The van der Waals surface area contributed by atoms with Crippen molar-refractivity contribution in [2.45, 2.75) is 19.4 Å².